The zero-order chi connectivity index (χ0) is 25.3. The maximum absolute atomic E-state index is 12.6. The van der Waals surface area contributed by atoms with Crippen molar-refractivity contribution in [3.63, 3.8) is 0 Å². The molecule has 0 spiro atoms. The Bertz CT molecular complexity index is 1320. The van der Waals surface area contributed by atoms with Crippen LogP contribution in [-0.4, -0.2) is 44.3 Å². The molecule has 0 fully saturated rings. The molecule has 0 saturated heterocycles. The second-order valence-corrected chi connectivity index (χ2v) is 8.14. The van der Waals surface area contributed by atoms with Crippen LogP contribution in [0.5, 0.6) is 11.5 Å². The number of H-pyrrole nitrogens is 1. The largest absolute Gasteiger partial charge is 0.493 e. The summed E-state index contributed by atoms with van der Waals surface area (Å²) in [5.74, 6) is 0.639. The van der Waals surface area contributed by atoms with Gasteiger partial charge in [0.15, 0.2) is 11.5 Å². The predicted octanol–water partition coefficient (Wildman–Crippen LogP) is 4.36. The first-order chi connectivity index (χ1) is 17.6. The lowest BCUT2D eigenvalue weighted by Gasteiger charge is -2.22. The first-order valence-corrected chi connectivity index (χ1v) is 11.6. The molecule has 0 aliphatic heterocycles. The van der Waals surface area contributed by atoms with Crippen LogP contribution >= 0.6 is 0 Å². The second-order valence-electron chi connectivity index (χ2n) is 8.14. The van der Waals surface area contributed by atoms with Crippen molar-refractivity contribution < 1.29 is 23.8 Å². The molecule has 4 aromatic rings. The van der Waals surface area contributed by atoms with Crippen LogP contribution in [-0.2, 0) is 16.1 Å². The summed E-state index contributed by atoms with van der Waals surface area (Å²) in [6, 6.07) is 23.0. The molecule has 3 N–H and O–H groups in total. The Morgan fingerprint density at radius 1 is 0.861 bits per heavy atom. The van der Waals surface area contributed by atoms with Crippen molar-refractivity contribution in [2.45, 2.75) is 12.5 Å². The molecule has 3 aromatic carbocycles. The molecule has 8 heteroatoms. The standard InChI is InChI=1S/C28H29N3O5/c1-34-25-14-8-12-21(27(25)35-2)23(22-15-29-24-13-7-6-11-20(22)24)16-30-26(32)17-31-28(33)36-18-19-9-4-3-5-10-19/h3-15,23,29H,16-18H2,1-2H3,(H,30,32)(H,31,33). The van der Waals surface area contributed by atoms with E-state index in [9.17, 15) is 9.59 Å². The third-order valence-corrected chi connectivity index (χ3v) is 5.91. The first-order valence-electron chi connectivity index (χ1n) is 11.6. The molecule has 8 nitrogen and oxygen atoms in total. The van der Waals surface area contributed by atoms with E-state index in [1.54, 1.807) is 14.2 Å². The summed E-state index contributed by atoms with van der Waals surface area (Å²) in [6.07, 6.45) is 1.29. The summed E-state index contributed by atoms with van der Waals surface area (Å²) >= 11 is 0. The maximum atomic E-state index is 12.6. The topological polar surface area (TPSA) is 102 Å². The number of methoxy groups -OCH3 is 2. The van der Waals surface area contributed by atoms with Gasteiger partial charge in [0.1, 0.15) is 6.61 Å². The number of nitrogens with one attached hydrogen (secondary N) is 3. The van der Waals surface area contributed by atoms with E-state index in [4.69, 9.17) is 14.2 Å². The number of fused-ring (bicyclic) bond motifs is 1. The summed E-state index contributed by atoms with van der Waals surface area (Å²) in [5.41, 5.74) is 3.74. The molecule has 186 valence electrons. The van der Waals surface area contributed by atoms with Gasteiger partial charge in [-0.1, -0.05) is 60.7 Å². The van der Waals surface area contributed by atoms with Crippen LogP contribution in [0.4, 0.5) is 4.79 Å². The van der Waals surface area contributed by atoms with Crippen molar-refractivity contribution in [2.24, 2.45) is 0 Å². The van der Waals surface area contributed by atoms with Gasteiger partial charge in [-0.05, 0) is 23.3 Å². The van der Waals surface area contributed by atoms with Crippen molar-refractivity contribution in [3.05, 3.63) is 95.7 Å². The van der Waals surface area contributed by atoms with E-state index < -0.39 is 6.09 Å². The lowest BCUT2D eigenvalue weighted by molar-refractivity contribution is -0.120. The van der Waals surface area contributed by atoms with Crippen LogP contribution in [0, 0.1) is 0 Å². The van der Waals surface area contributed by atoms with E-state index in [1.165, 1.54) is 0 Å². The molecular formula is C28H29N3O5. The van der Waals surface area contributed by atoms with Gasteiger partial charge in [0.2, 0.25) is 5.91 Å². The zero-order valence-electron chi connectivity index (χ0n) is 20.2. The van der Waals surface area contributed by atoms with Crippen LogP contribution in [0.15, 0.2) is 79.0 Å². The van der Waals surface area contributed by atoms with Gasteiger partial charge in [-0.3, -0.25) is 4.79 Å². The van der Waals surface area contributed by atoms with Crippen LogP contribution < -0.4 is 20.1 Å². The molecule has 4 rings (SSSR count). The number of carbonyl (C=O) groups is 2. The molecule has 0 saturated carbocycles. The summed E-state index contributed by atoms with van der Waals surface area (Å²) < 4.78 is 16.4. The highest BCUT2D eigenvalue weighted by Gasteiger charge is 2.24. The average Bonchev–Trinajstić information content (AvgIpc) is 3.35. The fraction of sp³-hybridized carbons (Fsp3) is 0.214. The Hall–Kier alpha value is -4.46. The van der Waals surface area contributed by atoms with Crippen LogP contribution in [0.2, 0.25) is 0 Å². The van der Waals surface area contributed by atoms with Gasteiger partial charge in [0.25, 0.3) is 0 Å². The monoisotopic (exact) mass is 487 g/mol. The third-order valence-electron chi connectivity index (χ3n) is 5.91. The molecule has 36 heavy (non-hydrogen) atoms. The highest BCUT2D eigenvalue weighted by atomic mass is 16.5. The highest BCUT2D eigenvalue weighted by molar-refractivity contribution is 5.85. The quantitative estimate of drug-likeness (QED) is 0.309. The van der Waals surface area contributed by atoms with E-state index in [-0.39, 0.29) is 31.5 Å². The minimum absolute atomic E-state index is 0.132. The van der Waals surface area contributed by atoms with Crippen LogP contribution in [0.25, 0.3) is 10.9 Å². The number of rotatable bonds is 10. The van der Waals surface area contributed by atoms with Gasteiger partial charge in [0.05, 0.1) is 20.8 Å². The number of carbonyl (C=O) groups excluding carboxylic acids is 2. The van der Waals surface area contributed by atoms with Gasteiger partial charge in [-0.25, -0.2) is 4.79 Å². The molecule has 0 aliphatic rings. The normalized spacial score (nSPS) is 11.5. The lowest BCUT2D eigenvalue weighted by atomic mass is 9.90. The fourth-order valence-corrected chi connectivity index (χ4v) is 4.16. The van der Waals surface area contributed by atoms with Crippen molar-refractivity contribution in [1.82, 2.24) is 15.6 Å². The Labute approximate surface area is 209 Å². The van der Waals surface area contributed by atoms with Gasteiger partial charge < -0.3 is 29.8 Å². The number of benzene rings is 3. The fourth-order valence-electron chi connectivity index (χ4n) is 4.16. The molecular weight excluding hydrogens is 458 g/mol. The number of amides is 2. The third kappa shape index (κ3) is 5.78. The number of alkyl carbamates (subject to hydrolysis) is 1. The number of aromatic nitrogens is 1. The van der Waals surface area contributed by atoms with Crippen molar-refractivity contribution >= 4 is 22.9 Å². The number of para-hydroxylation sites is 2. The van der Waals surface area contributed by atoms with E-state index >= 15 is 0 Å². The Balaban J connectivity index is 1.46. The smallest absolute Gasteiger partial charge is 0.407 e. The summed E-state index contributed by atoms with van der Waals surface area (Å²) in [5, 5.41) is 6.48. The van der Waals surface area contributed by atoms with E-state index in [0.717, 1.165) is 27.6 Å². The molecule has 1 atom stereocenters. The number of ether oxygens (including phenoxy) is 3. The van der Waals surface area contributed by atoms with Crippen LogP contribution in [0.3, 0.4) is 0 Å². The molecule has 2 amide bonds. The number of hydrogen-bond acceptors (Lipinski definition) is 5. The molecule has 0 aliphatic carbocycles. The Morgan fingerprint density at radius 2 is 1.64 bits per heavy atom. The summed E-state index contributed by atoms with van der Waals surface area (Å²) in [6.45, 7) is 0.209. The van der Waals surface area contributed by atoms with Gasteiger partial charge in [-0.15, -0.1) is 0 Å². The Morgan fingerprint density at radius 3 is 2.42 bits per heavy atom. The van der Waals surface area contributed by atoms with Crippen LogP contribution in [0.1, 0.15) is 22.6 Å². The minimum Gasteiger partial charge on any atom is -0.493 e. The lowest BCUT2D eigenvalue weighted by Crippen LogP contribution is -2.38. The molecule has 0 bridgehead atoms. The molecule has 0 radical (unpaired) electrons. The second kappa shape index (κ2) is 11.8. The van der Waals surface area contributed by atoms with E-state index in [0.29, 0.717) is 11.5 Å². The average molecular weight is 488 g/mol. The maximum Gasteiger partial charge on any atom is 0.407 e. The van der Waals surface area contributed by atoms with Gasteiger partial charge in [-0.2, -0.15) is 0 Å². The van der Waals surface area contributed by atoms with Crippen molar-refractivity contribution in [2.75, 3.05) is 27.3 Å². The van der Waals surface area contributed by atoms with E-state index in [1.807, 2.05) is 79.0 Å². The van der Waals surface area contributed by atoms with Gasteiger partial charge >= 0.3 is 6.09 Å². The highest BCUT2D eigenvalue weighted by Crippen LogP contribution is 2.40. The van der Waals surface area contributed by atoms with Gasteiger partial charge in [0, 0.05) is 35.1 Å². The first kappa shape index (κ1) is 24.7. The molecule has 1 aromatic heterocycles. The predicted molar refractivity (Wildman–Crippen MR) is 137 cm³/mol. The van der Waals surface area contributed by atoms with Crippen molar-refractivity contribution in [1.29, 1.82) is 0 Å². The SMILES string of the molecule is COc1cccc(C(CNC(=O)CNC(=O)OCc2ccccc2)c2c[nH]c3ccccc23)c1OC. The Kier molecular flexibility index (Phi) is 8.08. The van der Waals surface area contributed by atoms with E-state index in [2.05, 4.69) is 15.6 Å². The number of hydrogen-bond donors (Lipinski definition) is 3. The zero-order valence-corrected chi connectivity index (χ0v) is 20.2. The minimum atomic E-state index is -0.656. The molecule has 1 unspecified atom stereocenters. The van der Waals surface area contributed by atoms with Crippen molar-refractivity contribution in [3.8, 4) is 11.5 Å². The summed E-state index contributed by atoms with van der Waals surface area (Å²) in [7, 11) is 3.18. The number of aromatic amines is 1. The molecule has 1 heterocycles. The summed E-state index contributed by atoms with van der Waals surface area (Å²) in [4.78, 5) is 27.9.